The van der Waals surface area contributed by atoms with E-state index in [1.165, 1.54) is 12.1 Å². The molecule has 0 aromatic heterocycles. The molecule has 0 aliphatic rings. The minimum absolute atomic E-state index is 0.0466. The summed E-state index contributed by atoms with van der Waals surface area (Å²) in [5, 5.41) is 2.75. The van der Waals surface area contributed by atoms with Crippen LogP contribution in [-0.2, 0) is 11.3 Å². The SMILES string of the molecule is CC(CCN)C(=O)NCc1cccc(F)c1. The van der Waals surface area contributed by atoms with Gasteiger partial charge in [0.15, 0.2) is 0 Å². The van der Waals surface area contributed by atoms with Crippen molar-refractivity contribution in [2.45, 2.75) is 19.9 Å². The van der Waals surface area contributed by atoms with Gasteiger partial charge in [0.1, 0.15) is 5.82 Å². The zero-order chi connectivity index (χ0) is 12.0. The van der Waals surface area contributed by atoms with Gasteiger partial charge in [0.2, 0.25) is 5.91 Å². The van der Waals surface area contributed by atoms with Crippen molar-refractivity contribution in [1.29, 1.82) is 0 Å². The van der Waals surface area contributed by atoms with Gasteiger partial charge in [0, 0.05) is 12.5 Å². The third kappa shape index (κ3) is 3.98. The normalized spacial score (nSPS) is 12.2. The van der Waals surface area contributed by atoms with Gasteiger partial charge in [-0.1, -0.05) is 19.1 Å². The van der Waals surface area contributed by atoms with E-state index in [9.17, 15) is 9.18 Å². The van der Waals surface area contributed by atoms with Crippen LogP contribution in [0.1, 0.15) is 18.9 Å². The second-order valence-corrected chi connectivity index (χ2v) is 3.83. The summed E-state index contributed by atoms with van der Waals surface area (Å²) < 4.78 is 12.8. The quantitative estimate of drug-likeness (QED) is 0.795. The molecule has 4 heteroatoms. The van der Waals surface area contributed by atoms with Gasteiger partial charge in [-0.25, -0.2) is 4.39 Å². The van der Waals surface area contributed by atoms with Crippen LogP contribution in [0.3, 0.4) is 0 Å². The third-order valence-electron chi connectivity index (χ3n) is 2.40. The number of rotatable bonds is 5. The van der Waals surface area contributed by atoms with Crippen molar-refractivity contribution in [1.82, 2.24) is 5.32 Å². The Morgan fingerprint density at radius 2 is 2.31 bits per heavy atom. The van der Waals surface area contributed by atoms with E-state index < -0.39 is 0 Å². The Labute approximate surface area is 94.8 Å². The van der Waals surface area contributed by atoms with E-state index in [1.807, 2.05) is 6.92 Å². The first-order chi connectivity index (χ1) is 7.63. The molecule has 0 bridgehead atoms. The van der Waals surface area contributed by atoms with Crippen molar-refractivity contribution in [2.24, 2.45) is 11.7 Å². The number of carbonyl (C=O) groups is 1. The van der Waals surface area contributed by atoms with Crippen molar-refractivity contribution >= 4 is 5.91 Å². The molecule has 0 fully saturated rings. The van der Waals surface area contributed by atoms with E-state index >= 15 is 0 Å². The highest BCUT2D eigenvalue weighted by Gasteiger charge is 2.10. The van der Waals surface area contributed by atoms with Crippen molar-refractivity contribution in [3.8, 4) is 0 Å². The maximum Gasteiger partial charge on any atom is 0.223 e. The fourth-order valence-electron chi connectivity index (χ4n) is 1.39. The highest BCUT2D eigenvalue weighted by atomic mass is 19.1. The third-order valence-corrected chi connectivity index (χ3v) is 2.40. The highest BCUT2D eigenvalue weighted by Crippen LogP contribution is 2.04. The van der Waals surface area contributed by atoms with Crippen molar-refractivity contribution in [3.05, 3.63) is 35.6 Å². The molecule has 0 aliphatic carbocycles. The van der Waals surface area contributed by atoms with Crippen LogP contribution in [0.2, 0.25) is 0 Å². The Morgan fingerprint density at radius 3 is 2.94 bits per heavy atom. The Kier molecular flexibility index (Phi) is 4.92. The maximum absolute atomic E-state index is 12.8. The molecular formula is C12H17FN2O. The average molecular weight is 224 g/mol. The number of nitrogens with two attached hydrogens (primary N) is 1. The summed E-state index contributed by atoms with van der Waals surface area (Å²) in [5.41, 5.74) is 6.12. The van der Waals surface area contributed by atoms with Crippen LogP contribution in [-0.4, -0.2) is 12.5 Å². The van der Waals surface area contributed by atoms with Gasteiger partial charge in [-0.05, 0) is 30.7 Å². The monoisotopic (exact) mass is 224 g/mol. The first-order valence-electron chi connectivity index (χ1n) is 5.35. The van der Waals surface area contributed by atoms with Gasteiger partial charge in [0.25, 0.3) is 0 Å². The molecule has 1 amide bonds. The summed E-state index contributed by atoms with van der Waals surface area (Å²) >= 11 is 0. The van der Waals surface area contributed by atoms with Crippen LogP contribution < -0.4 is 11.1 Å². The number of hydrogen-bond acceptors (Lipinski definition) is 2. The van der Waals surface area contributed by atoms with Gasteiger partial charge in [-0.3, -0.25) is 4.79 Å². The highest BCUT2D eigenvalue weighted by molar-refractivity contribution is 5.78. The molecule has 1 atom stereocenters. The van der Waals surface area contributed by atoms with E-state index in [0.717, 1.165) is 5.56 Å². The summed E-state index contributed by atoms with van der Waals surface area (Å²) in [6.07, 6.45) is 0.662. The summed E-state index contributed by atoms with van der Waals surface area (Å²) in [6, 6.07) is 6.19. The second-order valence-electron chi connectivity index (χ2n) is 3.83. The van der Waals surface area contributed by atoms with E-state index in [4.69, 9.17) is 5.73 Å². The maximum atomic E-state index is 12.8. The zero-order valence-electron chi connectivity index (χ0n) is 9.37. The number of benzene rings is 1. The molecule has 0 aliphatic heterocycles. The van der Waals surface area contributed by atoms with Crippen LogP contribution in [0.15, 0.2) is 24.3 Å². The van der Waals surface area contributed by atoms with Crippen LogP contribution in [0.25, 0.3) is 0 Å². The van der Waals surface area contributed by atoms with Gasteiger partial charge in [-0.2, -0.15) is 0 Å². The Morgan fingerprint density at radius 1 is 1.56 bits per heavy atom. The van der Waals surface area contributed by atoms with Gasteiger partial charge in [0.05, 0.1) is 0 Å². The molecule has 3 nitrogen and oxygen atoms in total. The molecule has 0 saturated heterocycles. The number of amides is 1. The molecule has 0 radical (unpaired) electrons. The standard InChI is InChI=1S/C12H17FN2O/c1-9(5-6-14)12(16)15-8-10-3-2-4-11(13)7-10/h2-4,7,9H,5-6,8,14H2,1H3,(H,15,16). The fraction of sp³-hybridized carbons (Fsp3) is 0.417. The topological polar surface area (TPSA) is 55.1 Å². The van der Waals surface area contributed by atoms with Crippen molar-refractivity contribution < 1.29 is 9.18 Å². The second kappa shape index (κ2) is 6.23. The summed E-state index contributed by atoms with van der Waals surface area (Å²) in [7, 11) is 0. The Balaban J connectivity index is 2.42. The lowest BCUT2D eigenvalue weighted by Gasteiger charge is -2.10. The molecular weight excluding hydrogens is 207 g/mol. The number of nitrogens with one attached hydrogen (secondary N) is 1. The predicted molar refractivity (Wildman–Crippen MR) is 61.1 cm³/mol. The zero-order valence-corrected chi connectivity index (χ0v) is 9.37. The van der Waals surface area contributed by atoms with E-state index in [0.29, 0.717) is 19.5 Å². The number of carbonyl (C=O) groups excluding carboxylic acids is 1. The lowest BCUT2D eigenvalue weighted by Crippen LogP contribution is -2.29. The van der Waals surface area contributed by atoms with Crippen LogP contribution >= 0.6 is 0 Å². The first-order valence-corrected chi connectivity index (χ1v) is 5.35. The van der Waals surface area contributed by atoms with Gasteiger partial charge in [-0.15, -0.1) is 0 Å². The van der Waals surface area contributed by atoms with E-state index in [2.05, 4.69) is 5.32 Å². The van der Waals surface area contributed by atoms with E-state index in [1.54, 1.807) is 12.1 Å². The summed E-state index contributed by atoms with van der Waals surface area (Å²) in [5.74, 6) is -0.435. The molecule has 1 aromatic rings. The molecule has 0 saturated carbocycles. The largest absolute Gasteiger partial charge is 0.352 e. The molecule has 1 unspecified atom stereocenters. The minimum atomic E-state index is -0.290. The predicted octanol–water partition coefficient (Wildman–Crippen LogP) is 1.43. The van der Waals surface area contributed by atoms with Crippen LogP contribution in [0.5, 0.6) is 0 Å². The van der Waals surface area contributed by atoms with Gasteiger partial charge < -0.3 is 11.1 Å². The molecule has 16 heavy (non-hydrogen) atoms. The number of hydrogen-bond donors (Lipinski definition) is 2. The smallest absolute Gasteiger partial charge is 0.223 e. The summed E-state index contributed by atoms with van der Waals surface area (Å²) in [4.78, 5) is 11.5. The Hall–Kier alpha value is -1.42. The fourth-order valence-corrected chi connectivity index (χ4v) is 1.39. The molecule has 0 spiro atoms. The number of halogens is 1. The molecule has 88 valence electrons. The minimum Gasteiger partial charge on any atom is -0.352 e. The van der Waals surface area contributed by atoms with Crippen molar-refractivity contribution in [3.63, 3.8) is 0 Å². The Bertz CT molecular complexity index is 355. The van der Waals surface area contributed by atoms with Crippen LogP contribution in [0, 0.1) is 11.7 Å². The molecule has 1 rings (SSSR count). The van der Waals surface area contributed by atoms with Crippen LogP contribution in [0.4, 0.5) is 4.39 Å². The molecule has 3 N–H and O–H groups in total. The van der Waals surface area contributed by atoms with Crippen molar-refractivity contribution in [2.75, 3.05) is 6.54 Å². The van der Waals surface area contributed by atoms with E-state index in [-0.39, 0.29) is 17.6 Å². The lowest BCUT2D eigenvalue weighted by molar-refractivity contribution is -0.124. The molecule has 1 aromatic carbocycles. The first kappa shape index (κ1) is 12.6. The molecule has 0 heterocycles. The average Bonchev–Trinajstić information content (AvgIpc) is 2.26. The summed E-state index contributed by atoms with van der Waals surface area (Å²) in [6.45, 7) is 2.67. The van der Waals surface area contributed by atoms with Gasteiger partial charge >= 0.3 is 0 Å². The lowest BCUT2D eigenvalue weighted by atomic mass is 10.1.